The van der Waals surface area contributed by atoms with Crippen molar-refractivity contribution in [2.24, 2.45) is 17.8 Å². The molecule has 1 aliphatic heterocycles. The molecule has 0 spiro atoms. The van der Waals surface area contributed by atoms with E-state index in [0.717, 1.165) is 36.6 Å². The van der Waals surface area contributed by atoms with Crippen LogP contribution in [0.3, 0.4) is 0 Å². The molecule has 1 aromatic rings. The van der Waals surface area contributed by atoms with Crippen molar-refractivity contribution in [3.05, 3.63) is 29.8 Å². The van der Waals surface area contributed by atoms with E-state index in [-0.39, 0.29) is 0 Å². The van der Waals surface area contributed by atoms with Crippen LogP contribution in [0.5, 0.6) is 5.75 Å². The molecular formula is C25H37NO2. The molecule has 6 rings (SSSR count). The third kappa shape index (κ3) is 3.73. The number of likely N-dealkylation sites (tertiary alicyclic amines) is 1. The van der Waals surface area contributed by atoms with E-state index in [9.17, 15) is 5.11 Å². The van der Waals surface area contributed by atoms with Crippen molar-refractivity contribution in [1.82, 2.24) is 4.90 Å². The highest BCUT2D eigenvalue weighted by atomic mass is 16.5. The molecule has 0 amide bonds. The topological polar surface area (TPSA) is 32.7 Å². The monoisotopic (exact) mass is 383 g/mol. The van der Waals surface area contributed by atoms with Gasteiger partial charge in [-0.25, -0.2) is 0 Å². The molecule has 4 aliphatic carbocycles. The maximum Gasteiger partial charge on any atom is 0.119 e. The van der Waals surface area contributed by atoms with Crippen LogP contribution in [0.1, 0.15) is 70.3 Å². The Morgan fingerprint density at radius 3 is 2.29 bits per heavy atom. The standard InChI is InChI=1S/C25H37NO2/c1-18-4-2-3-9-26(18)16-23(27)17-28-24-7-5-22(6-8-24)25-13-19-10-20(14-25)12-21(11-19)15-25/h5-8,18-21,23,27H,2-4,9-17H2,1H3/t18-,19?,20?,21?,23+,25?/m1/s1. The van der Waals surface area contributed by atoms with Crippen LogP contribution in [0.4, 0.5) is 0 Å². The highest BCUT2D eigenvalue weighted by molar-refractivity contribution is 5.34. The minimum absolute atomic E-state index is 0.389. The fourth-order valence-electron chi connectivity index (χ4n) is 7.31. The summed E-state index contributed by atoms with van der Waals surface area (Å²) in [4.78, 5) is 2.41. The first-order chi connectivity index (χ1) is 13.6. The molecule has 3 heteroatoms. The second-order valence-corrected chi connectivity index (χ2v) is 10.5. The van der Waals surface area contributed by atoms with E-state index in [1.807, 2.05) is 0 Å². The van der Waals surface area contributed by atoms with E-state index >= 15 is 0 Å². The molecule has 3 nitrogen and oxygen atoms in total. The largest absolute Gasteiger partial charge is 0.491 e. The predicted octanol–water partition coefficient (Wildman–Crippen LogP) is 4.77. The lowest BCUT2D eigenvalue weighted by molar-refractivity contribution is -0.00522. The predicted molar refractivity (Wildman–Crippen MR) is 113 cm³/mol. The van der Waals surface area contributed by atoms with Gasteiger partial charge in [-0.05, 0) is 106 Å². The van der Waals surface area contributed by atoms with Crippen LogP contribution < -0.4 is 4.74 Å². The molecule has 4 saturated carbocycles. The van der Waals surface area contributed by atoms with Crippen molar-refractivity contribution in [3.8, 4) is 5.75 Å². The number of benzene rings is 1. The van der Waals surface area contributed by atoms with Gasteiger partial charge in [0.1, 0.15) is 18.5 Å². The number of aliphatic hydroxyl groups excluding tert-OH is 1. The molecule has 154 valence electrons. The highest BCUT2D eigenvalue weighted by Gasteiger charge is 2.51. The van der Waals surface area contributed by atoms with Crippen LogP contribution in [-0.2, 0) is 5.41 Å². The molecule has 28 heavy (non-hydrogen) atoms. The molecular weight excluding hydrogens is 346 g/mol. The van der Waals surface area contributed by atoms with E-state index < -0.39 is 6.10 Å². The van der Waals surface area contributed by atoms with Gasteiger partial charge in [-0.2, -0.15) is 0 Å². The van der Waals surface area contributed by atoms with Gasteiger partial charge in [0, 0.05) is 12.6 Å². The Bertz CT molecular complexity index is 634. The Morgan fingerprint density at radius 2 is 1.68 bits per heavy atom. The van der Waals surface area contributed by atoms with Crippen molar-refractivity contribution in [2.45, 2.75) is 82.3 Å². The third-order valence-electron chi connectivity index (χ3n) is 8.33. The van der Waals surface area contributed by atoms with Gasteiger partial charge in [-0.15, -0.1) is 0 Å². The Balaban J connectivity index is 1.17. The van der Waals surface area contributed by atoms with Crippen LogP contribution in [0.25, 0.3) is 0 Å². The van der Waals surface area contributed by atoms with E-state index in [2.05, 4.69) is 36.1 Å². The van der Waals surface area contributed by atoms with Crippen molar-refractivity contribution in [1.29, 1.82) is 0 Å². The number of ether oxygens (including phenoxy) is 1. The fourth-order valence-corrected chi connectivity index (χ4v) is 7.31. The molecule has 1 saturated heterocycles. The van der Waals surface area contributed by atoms with Crippen LogP contribution in [0.15, 0.2) is 24.3 Å². The maximum absolute atomic E-state index is 10.4. The van der Waals surface area contributed by atoms with E-state index in [4.69, 9.17) is 4.74 Å². The van der Waals surface area contributed by atoms with Gasteiger partial charge in [-0.1, -0.05) is 18.6 Å². The first kappa shape index (κ1) is 18.9. The summed E-state index contributed by atoms with van der Waals surface area (Å²) < 4.78 is 5.94. The molecule has 2 atom stereocenters. The molecule has 5 fully saturated rings. The molecule has 1 heterocycles. The molecule has 0 unspecified atom stereocenters. The fraction of sp³-hybridized carbons (Fsp3) is 0.760. The van der Waals surface area contributed by atoms with Gasteiger partial charge in [0.25, 0.3) is 0 Å². The van der Waals surface area contributed by atoms with Crippen molar-refractivity contribution in [3.63, 3.8) is 0 Å². The Kier molecular flexibility index (Phi) is 5.17. The molecule has 0 aromatic heterocycles. The minimum Gasteiger partial charge on any atom is -0.491 e. The van der Waals surface area contributed by atoms with Crippen LogP contribution in [0.2, 0.25) is 0 Å². The number of hydrogen-bond donors (Lipinski definition) is 1. The van der Waals surface area contributed by atoms with E-state index in [1.54, 1.807) is 5.56 Å². The SMILES string of the molecule is C[C@@H]1CCCCN1C[C@H](O)COc1ccc(C23CC4CC(CC(C4)C2)C3)cc1. The first-order valence-corrected chi connectivity index (χ1v) is 11.8. The number of aliphatic hydroxyl groups is 1. The summed E-state index contributed by atoms with van der Waals surface area (Å²) in [5.41, 5.74) is 2.00. The van der Waals surface area contributed by atoms with Crippen molar-refractivity contribution in [2.75, 3.05) is 19.7 Å². The average molecular weight is 384 g/mol. The second kappa shape index (κ2) is 7.65. The maximum atomic E-state index is 10.4. The van der Waals surface area contributed by atoms with E-state index in [0.29, 0.717) is 18.1 Å². The minimum atomic E-state index is -0.414. The first-order valence-electron chi connectivity index (χ1n) is 11.8. The third-order valence-corrected chi connectivity index (χ3v) is 8.33. The summed E-state index contributed by atoms with van der Waals surface area (Å²) in [6.45, 7) is 4.50. The summed E-state index contributed by atoms with van der Waals surface area (Å²) in [5.74, 6) is 3.85. The summed E-state index contributed by atoms with van der Waals surface area (Å²) in [6, 6.07) is 9.51. The summed E-state index contributed by atoms with van der Waals surface area (Å²) in [6.07, 6.45) is 12.1. The van der Waals surface area contributed by atoms with Gasteiger partial charge in [-0.3, -0.25) is 4.90 Å². The lowest BCUT2D eigenvalue weighted by Gasteiger charge is -2.57. The van der Waals surface area contributed by atoms with E-state index in [1.165, 1.54) is 57.8 Å². The zero-order valence-electron chi connectivity index (χ0n) is 17.5. The number of hydrogen-bond acceptors (Lipinski definition) is 3. The van der Waals surface area contributed by atoms with Gasteiger partial charge in [0.2, 0.25) is 0 Å². The number of piperidine rings is 1. The van der Waals surface area contributed by atoms with Crippen molar-refractivity contribution >= 4 is 0 Å². The zero-order chi connectivity index (χ0) is 19.1. The van der Waals surface area contributed by atoms with Crippen LogP contribution in [-0.4, -0.2) is 41.8 Å². The Labute approximate surface area is 170 Å². The summed E-state index contributed by atoms with van der Waals surface area (Å²) >= 11 is 0. The normalized spacial score (nSPS) is 38.5. The van der Waals surface area contributed by atoms with Crippen molar-refractivity contribution < 1.29 is 9.84 Å². The van der Waals surface area contributed by atoms with Crippen LogP contribution in [0, 0.1) is 17.8 Å². The van der Waals surface area contributed by atoms with Gasteiger partial charge < -0.3 is 9.84 Å². The second-order valence-electron chi connectivity index (χ2n) is 10.5. The molecule has 1 N–H and O–H groups in total. The van der Waals surface area contributed by atoms with Crippen LogP contribution >= 0.6 is 0 Å². The lowest BCUT2D eigenvalue weighted by atomic mass is 9.48. The average Bonchev–Trinajstić information content (AvgIpc) is 2.67. The van der Waals surface area contributed by atoms with Gasteiger partial charge in [0.15, 0.2) is 0 Å². The quantitative estimate of drug-likeness (QED) is 0.768. The smallest absolute Gasteiger partial charge is 0.119 e. The Morgan fingerprint density at radius 1 is 1.04 bits per heavy atom. The Hall–Kier alpha value is -1.06. The number of nitrogens with zero attached hydrogens (tertiary/aromatic N) is 1. The number of β-amino-alcohol motifs (C(OH)–C–C–N with tert-alkyl or cyclic N) is 1. The molecule has 4 bridgehead atoms. The molecule has 0 radical (unpaired) electrons. The van der Waals surface area contributed by atoms with Gasteiger partial charge in [0.05, 0.1) is 0 Å². The molecule has 1 aromatic carbocycles. The summed E-state index contributed by atoms with van der Waals surface area (Å²) in [5, 5.41) is 10.4. The number of rotatable bonds is 6. The zero-order valence-corrected chi connectivity index (χ0v) is 17.5. The van der Waals surface area contributed by atoms with Gasteiger partial charge >= 0.3 is 0 Å². The summed E-state index contributed by atoms with van der Waals surface area (Å²) in [7, 11) is 0. The highest BCUT2D eigenvalue weighted by Crippen LogP contribution is 2.60. The lowest BCUT2D eigenvalue weighted by Crippen LogP contribution is -2.48. The molecule has 5 aliphatic rings.